The number of hydrogen-bond donors (Lipinski definition) is 3. The number of benzene rings is 1. The van der Waals surface area contributed by atoms with E-state index in [4.69, 9.17) is 19.4 Å². The van der Waals surface area contributed by atoms with Gasteiger partial charge in [0.25, 0.3) is 11.9 Å². The van der Waals surface area contributed by atoms with Crippen molar-refractivity contribution in [1.29, 1.82) is 0 Å². The van der Waals surface area contributed by atoms with Crippen LogP contribution in [0.1, 0.15) is 123 Å². The van der Waals surface area contributed by atoms with Crippen LogP contribution in [-0.2, 0) is 41.2 Å². The highest BCUT2D eigenvalue weighted by Gasteiger charge is 2.62. The molecule has 0 radical (unpaired) electrons. The number of imidazole rings is 1. The predicted molar refractivity (Wildman–Crippen MR) is 237 cm³/mol. The normalized spacial score (nSPS) is 26.1. The summed E-state index contributed by atoms with van der Waals surface area (Å²) in [4.78, 5) is 69.3. The number of ether oxygens (including phenoxy) is 2. The molecule has 4 aliphatic rings. The Bertz CT molecular complexity index is 2360. The lowest BCUT2D eigenvalue weighted by Gasteiger charge is -2.30. The Hall–Kier alpha value is -4.55. The van der Waals surface area contributed by atoms with E-state index in [1.165, 1.54) is 23.9 Å². The molecular formula is C44H62N8O8S2. The second-order valence-electron chi connectivity index (χ2n) is 19.3. The van der Waals surface area contributed by atoms with Gasteiger partial charge in [-0.1, -0.05) is 44.9 Å². The van der Waals surface area contributed by atoms with E-state index in [0.717, 1.165) is 63.7 Å². The van der Waals surface area contributed by atoms with E-state index in [9.17, 15) is 27.6 Å². The number of thiazole rings is 1. The van der Waals surface area contributed by atoms with Crippen molar-refractivity contribution >= 4 is 56.4 Å². The quantitative estimate of drug-likeness (QED) is 0.229. The number of aromatic nitrogens is 3. The molecule has 1 aromatic carbocycles. The molecule has 2 fully saturated rings. The highest BCUT2D eigenvalue weighted by Crippen LogP contribution is 2.46. The summed E-state index contributed by atoms with van der Waals surface area (Å²) < 4.78 is 43.0. The van der Waals surface area contributed by atoms with Gasteiger partial charge in [-0.3, -0.25) is 19.0 Å². The molecule has 4 amide bonds. The number of hydrogen-bond acceptors (Lipinski definition) is 11. The van der Waals surface area contributed by atoms with E-state index in [1.54, 1.807) is 32.1 Å². The average Bonchev–Trinajstić information content (AvgIpc) is 3.49. The first-order valence-electron chi connectivity index (χ1n) is 21.8. The van der Waals surface area contributed by atoms with Crippen LogP contribution in [0.5, 0.6) is 6.01 Å². The van der Waals surface area contributed by atoms with Crippen LogP contribution in [0.25, 0.3) is 21.6 Å². The standard InChI is InChI=1S/C44H62N8O8S2/c1-26(2)52-31-20-15-18-29(37-47-35-33(61-37)21-16-22-43(35,6)7)34(31)46-40(52)59-28-23-32-36(53)48-44(39(55)49-62(57,58)50(8)9)24-27(44)17-13-11-10-12-14-19-30(38(54)51(32)25-28)45-41(56)60-42(3,4)5/h13,15,17-18,20,26-28,30,32H,10-12,14,16,19,21-25H2,1-9H3,(H,45,56)(H,48,53)(H,49,55)/b17-13-/t27-,28-,30+,32+,44-/m1/s1. The molecule has 1 saturated heterocycles. The molecule has 5 atom stereocenters. The molecule has 7 rings (SSSR count). The van der Waals surface area contributed by atoms with Gasteiger partial charge in [0.15, 0.2) is 0 Å². The van der Waals surface area contributed by atoms with E-state index in [1.807, 2.05) is 48.8 Å². The van der Waals surface area contributed by atoms with Gasteiger partial charge < -0.3 is 25.0 Å². The molecule has 2 aliphatic heterocycles. The number of fused-ring (bicyclic) bond motifs is 4. The zero-order valence-electron chi connectivity index (χ0n) is 37.4. The van der Waals surface area contributed by atoms with Gasteiger partial charge in [0, 0.05) is 48.3 Å². The first kappa shape index (κ1) is 45.5. The second kappa shape index (κ2) is 17.2. The van der Waals surface area contributed by atoms with Crippen molar-refractivity contribution < 1.29 is 37.1 Å². The Morgan fingerprint density at radius 2 is 1.84 bits per heavy atom. The predicted octanol–water partition coefficient (Wildman–Crippen LogP) is 5.91. The molecule has 18 heteroatoms. The van der Waals surface area contributed by atoms with Crippen molar-refractivity contribution in [3.05, 3.63) is 40.9 Å². The van der Waals surface area contributed by atoms with Crippen LogP contribution in [-0.4, -0.2) is 106 Å². The lowest BCUT2D eigenvalue weighted by Crippen LogP contribution is -2.58. The fourth-order valence-electron chi connectivity index (χ4n) is 8.89. The Morgan fingerprint density at radius 1 is 1.08 bits per heavy atom. The van der Waals surface area contributed by atoms with Crippen molar-refractivity contribution in [2.45, 2.75) is 153 Å². The first-order chi connectivity index (χ1) is 29.1. The Morgan fingerprint density at radius 3 is 2.53 bits per heavy atom. The minimum atomic E-state index is -4.18. The summed E-state index contributed by atoms with van der Waals surface area (Å²) in [5, 5.41) is 6.57. The molecule has 3 N–H and O–H groups in total. The van der Waals surface area contributed by atoms with E-state index < -0.39 is 69.3 Å². The van der Waals surface area contributed by atoms with Gasteiger partial charge in [-0.15, -0.1) is 11.3 Å². The molecule has 0 spiro atoms. The smallest absolute Gasteiger partial charge is 0.408 e. The van der Waals surface area contributed by atoms with Crippen LogP contribution < -0.4 is 20.1 Å². The highest BCUT2D eigenvalue weighted by molar-refractivity contribution is 7.87. The number of para-hydroxylation sites is 1. The number of carbonyl (C=O) groups excluding carboxylic acids is 4. The van der Waals surface area contributed by atoms with Crippen molar-refractivity contribution in [1.82, 2.24) is 39.1 Å². The lowest BCUT2D eigenvalue weighted by molar-refractivity contribution is -0.141. The highest BCUT2D eigenvalue weighted by atomic mass is 32.2. The fraction of sp³-hybridized carbons (Fsp3) is 0.636. The van der Waals surface area contributed by atoms with E-state index >= 15 is 0 Å². The largest absolute Gasteiger partial charge is 0.459 e. The zero-order valence-corrected chi connectivity index (χ0v) is 39.0. The number of alkyl carbamates (subject to hydrolysis) is 1. The molecule has 62 heavy (non-hydrogen) atoms. The maximum Gasteiger partial charge on any atom is 0.408 e. The summed E-state index contributed by atoms with van der Waals surface area (Å²) >= 11 is 1.71. The van der Waals surface area contributed by atoms with Gasteiger partial charge in [-0.25, -0.2) is 14.5 Å². The summed E-state index contributed by atoms with van der Waals surface area (Å²) in [7, 11) is -1.58. The second-order valence-corrected chi connectivity index (χ2v) is 22.3. The van der Waals surface area contributed by atoms with Gasteiger partial charge in [-0.05, 0) is 91.7 Å². The number of nitrogens with one attached hydrogen (secondary N) is 3. The first-order valence-corrected chi connectivity index (χ1v) is 24.1. The summed E-state index contributed by atoms with van der Waals surface area (Å²) in [6.45, 7) is 13.8. The molecule has 3 aromatic rings. The van der Waals surface area contributed by atoms with Crippen molar-refractivity contribution in [3.63, 3.8) is 0 Å². The number of aryl methyl sites for hydroxylation is 1. The summed E-state index contributed by atoms with van der Waals surface area (Å²) in [5.74, 6) is -2.47. The number of nitrogens with zero attached hydrogens (tertiary/aromatic N) is 5. The number of amides is 4. The third kappa shape index (κ3) is 9.37. The number of allylic oxidation sites excluding steroid dienone is 1. The molecule has 2 aliphatic carbocycles. The monoisotopic (exact) mass is 894 g/mol. The average molecular weight is 895 g/mol. The van der Waals surface area contributed by atoms with Crippen LogP contribution in [0, 0.1) is 5.92 Å². The Kier molecular flexibility index (Phi) is 12.6. The molecule has 4 heterocycles. The van der Waals surface area contributed by atoms with Gasteiger partial charge in [0.2, 0.25) is 11.8 Å². The van der Waals surface area contributed by atoms with Crippen LogP contribution in [0.4, 0.5) is 4.79 Å². The van der Waals surface area contributed by atoms with Gasteiger partial charge in [-0.2, -0.15) is 17.7 Å². The molecule has 0 bridgehead atoms. The third-order valence-corrected chi connectivity index (χ3v) is 14.8. The SMILES string of the molecule is CC(C)n1c(O[C@@H]2C[C@H]3C(=O)N[C@]4(C(=O)NS(=O)(=O)N(C)C)C[C@H]4/C=C\CCCCC[C@H](NC(=O)OC(C)(C)C)C(=O)N3C2)nc2c(-c3nc4c(s3)CCCC4(C)C)cccc21. The summed E-state index contributed by atoms with van der Waals surface area (Å²) in [6, 6.07) is 4.11. The molecular weight excluding hydrogens is 833 g/mol. The molecule has 0 unspecified atom stereocenters. The topological polar surface area (TPSA) is 194 Å². The minimum Gasteiger partial charge on any atom is -0.459 e. The van der Waals surface area contributed by atoms with E-state index in [0.29, 0.717) is 25.3 Å². The van der Waals surface area contributed by atoms with E-state index in [2.05, 4.69) is 29.2 Å². The van der Waals surface area contributed by atoms with Crippen LogP contribution in [0.3, 0.4) is 0 Å². The van der Waals surface area contributed by atoms with Crippen LogP contribution in [0.15, 0.2) is 30.4 Å². The lowest BCUT2D eigenvalue weighted by atomic mass is 9.79. The Balaban J connectivity index is 1.24. The molecule has 16 nitrogen and oxygen atoms in total. The summed E-state index contributed by atoms with van der Waals surface area (Å²) in [5.41, 5.74) is 1.24. The molecule has 338 valence electrons. The zero-order chi connectivity index (χ0) is 44.9. The number of rotatable bonds is 8. The maximum absolute atomic E-state index is 14.7. The van der Waals surface area contributed by atoms with Crippen molar-refractivity contribution in [3.8, 4) is 16.6 Å². The maximum atomic E-state index is 14.7. The molecule has 2 aromatic heterocycles. The summed E-state index contributed by atoms with van der Waals surface area (Å²) in [6.07, 6.45) is 8.84. The van der Waals surface area contributed by atoms with Gasteiger partial charge in [0.1, 0.15) is 39.9 Å². The van der Waals surface area contributed by atoms with Crippen LogP contribution >= 0.6 is 11.3 Å². The van der Waals surface area contributed by atoms with Gasteiger partial charge in [0.05, 0.1) is 17.8 Å². The van der Waals surface area contributed by atoms with Crippen molar-refractivity contribution in [2.24, 2.45) is 5.92 Å². The Labute approximate surface area is 368 Å². The number of carbonyl (C=O) groups is 4. The fourth-order valence-corrected chi connectivity index (χ4v) is 10.8. The van der Waals surface area contributed by atoms with Crippen molar-refractivity contribution in [2.75, 3.05) is 20.6 Å². The van der Waals surface area contributed by atoms with Crippen LogP contribution in [0.2, 0.25) is 0 Å². The molecule has 1 saturated carbocycles. The van der Waals surface area contributed by atoms with Gasteiger partial charge >= 0.3 is 16.3 Å². The van der Waals surface area contributed by atoms with E-state index in [-0.39, 0.29) is 30.8 Å². The minimum absolute atomic E-state index is 0.0161. The third-order valence-electron chi connectivity index (χ3n) is 12.3.